The molecule has 7 heteroatoms. The molecule has 0 spiro atoms. The van der Waals surface area contributed by atoms with Crippen LogP contribution in [0.4, 0.5) is 5.69 Å². The highest BCUT2D eigenvalue weighted by molar-refractivity contribution is 5.93. The summed E-state index contributed by atoms with van der Waals surface area (Å²) in [5.41, 5.74) is 1.82. The van der Waals surface area contributed by atoms with Gasteiger partial charge in [-0.2, -0.15) is 0 Å². The van der Waals surface area contributed by atoms with E-state index in [0.717, 1.165) is 36.9 Å². The lowest BCUT2D eigenvalue weighted by Gasteiger charge is -2.31. The highest BCUT2D eigenvalue weighted by atomic mass is 16.7. The van der Waals surface area contributed by atoms with Crippen LogP contribution in [0.3, 0.4) is 0 Å². The summed E-state index contributed by atoms with van der Waals surface area (Å²) in [7, 11) is 0. The van der Waals surface area contributed by atoms with Crippen LogP contribution >= 0.6 is 0 Å². The third-order valence-corrected chi connectivity index (χ3v) is 6.63. The van der Waals surface area contributed by atoms with Crippen molar-refractivity contribution in [3.8, 4) is 11.5 Å². The maximum absolute atomic E-state index is 12.7. The van der Waals surface area contributed by atoms with E-state index in [-0.39, 0.29) is 30.6 Å². The molecule has 0 aromatic heterocycles. The molecule has 5 rings (SSSR count). The van der Waals surface area contributed by atoms with E-state index in [1.807, 2.05) is 31.2 Å². The molecule has 1 atom stereocenters. The van der Waals surface area contributed by atoms with Crippen molar-refractivity contribution in [1.82, 2.24) is 10.2 Å². The van der Waals surface area contributed by atoms with E-state index in [1.165, 1.54) is 5.39 Å². The van der Waals surface area contributed by atoms with Crippen molar-refractivity contribution >= 4 is 28.3 Å². The summed E-state index contributed by atoms with van der Waals surface area (Å²) < 4.78 is 10.7. The number of ether oxygens (including phenoxy) is 2. The molecule has 2 amide bonds. The van der Waals surface area contributed by atoms with Gasteiger partial charge in [0.15, 0.2) is 11.5 Å². The maximum Gasteiger partial charge on any atom is 0.234 e. The van der Waals surface area contributed by atoms with Crippen LogP contribution in [0.2, 0.25) is 0 Å². The molecule has 0 bridgehead atoms. The Morgan fingerprint density at radius 1 is 1.00 bits per heavy atom. The van der Waals surface area contributed by atoms with Gasteiger partial charge in [-0.3, -0.25) is 14.5 Å². The van der Waals surface area contributed by atoms with E-state index in [1.54, 1.807) is 12.1 Å². The topological polar surface area (TPSA) is 79.9 Å². The minimum atomic E-state index is -0.0800. The van der Waals surface area contributed by atoms with Gasteiger partial charge in [-0.1, -0.05) is 42.5 Å². The van der Waals surface area contributed by atoms with Gasteiger partial charge in [0.1, 0.15) is 0 Å². The molecule has 3 aromatic carbocycles. The Morgan fingerprint density at radius 3 is 2.62 bits per heavy atom. The largest absolute Gasteiger partial charge is 0.454 e. The molecule has 34 heavy (non-hydrogen) atoms. The van der Waals surface area contributed by atoms with Crippen LogP contribution in [-0.2, 0) is 9.59 Å². The molecule has 0 aliphatic carbocycles. The normalized spacial score (nSPS) is 16.9. The summed E-state index contributed by atoms with van der Waals surface area (Å²) in [5, 5.41) is 8.45. The molecule has 2 heterocycles. The van der Waals surface area contributed by atoms with Gasteiger partial charge in [-0.15, -0.1) is 0 Å². The molecular weight excluding hydrogens is 430 g/mol. The summed E-state index contributed by atoms with van der Waals surface area (Å²) >= 11 is 0. The van der Waals surface area contributed by atoms with Crippen molar-refractivity contribution in [3.05, 3.63) is 66.2 Å². The number of piperidine rings is 1. The summed E-state index contributed by atoms with van der Waals surface area (Å²) in [6, 6.07) is 19.7. The van der Waals surface area contributed by atoms with Gasteiger partial charge in [-0.05, 0) is 61.3 Å². The molecule has 2 aliphatic rings. The van der Waals surface area contributed by atoms with Crippen LogP contribution in [0.15, 0.2) is 60.7 Å². The molecule has 176 valence electrons. The summed E-state index contributed by atoms with van der Waals surface area (Å²) in [4.78, 5) is 27.6. The average Bonchev–Trinajstić information content (AvgIpc) is 3.32. The van der Waals surface area contributed by atoms with E-state index in [9.17, 15) is 9.59 Å². The van der Waals surface area contributed by atoms with E-state index in [0.29, 0.717) is 23.7 Å². The first-order valence-corrected chi connectivity index (χ1v) is 11.8. The number of hydrogen-bond acceptors (Lipinski definition) is 5. The number of anilines is 1. The van der Waals surface area contributed by atoms with Crippen LogP contribution in [0.5, 0.6) is 11.5 Å². The lowest BCUT2D eigenvalue weighted by molar-refractivity contribution is -0.123. The molecule has 0 radical (unpaired) electrons. The number of rotatable bonds is 6. The van der Waals surface area contributed by atoms with Gasteiger partial charge < -0.3 is 20.1 Å². The molecule has 0 saturated carbocycles. The first-order valence-electron chi connectivity index (χ1n) is 11.8. The van der Waals surface area contributed by atoms with Crippen LogP contribution in [-0.4, -0.2) is 43.1 Å². The second-order valence-electron chi connectivity index (χ2n) is 8.97. The number of nitrogens with zero attached hydrogens (tertiary/aromatic N) is 1. The maximum atomic E-state index is 12.7. The predicted molar refractivity (Wildman–Crippen MR) is 131 cm³/mol. The van der Waals surface area contributed by atoms with Gasteiger partial charge in [0, 0.05) is 17.7 Å². The minimum absolute atomic E-state index is 0.00342. The number of nitrogens with one attached hydrogen (secondary N) is 2. The van der Waals surface area contributed by atoms with Crippen LogP contribution in [0.1, 0.15) is 31.4 Å². The number of hydrogen-bond donors (Lipinski definition) is 2. The number of likely N-dealkylation sites (tertiary alicyclic amines) is 1. The van der Waals surface area contributed by atoms with E-state index < -0.39 is 0 Å². The Morgan fingerprint density at radius 2 is 1.76 bits per heavy atom. The lowest BCUT2D eigenvalue weighted by Crippen LogP contribution is -2.43. The third-order valence-electron chi connectivity index (χ3n) is 6.63. The van der Waals surface area contributed by atoms with Gasteiger partial charge in [0.25, 0.3) is 0 Å². The molecule has 1 saturated heterocycles. The Hall–Kier alpha value is -3.58. The SMILES string of the molecule is C[C@H](NC(=O)CN1CCC(C(=O)Nc2ccc3c(c2)OCO3)CC1)c1cccc2ccccc12. The summed E-state index contributed by atoms with van der Waals surface area (Å²) in [5.74, 6) is 1.28. The first-order chi connectivity index (χ1) is 16.6. The highest BCUT2D eigenvalue weighted by Crippen LogP contribution is 2.34. The van der Waals surface area contributed by atoms with Crippen molar-refractivity contribution in [2.75, 3.05) is 31.7 Å². The second-order valence-corrected chi connectivity index (χ2v) is 8.97. The fraction of sp³-hybridized carbons (Fsp3) is 0.333. The van der Waals surface area contributed by atoms with Crippen LogP contribution < -0.4 is 20.1 Å². The number of fused-ring (bicyclic) bond motifs is 2. The first kappa shape index (κ1) is 22.2. The highest BCUT2D eigenvalue weighted by Gasteiger charge is 2.27. The molecule has 3 aromatic rings. The van der Waals surface area contributed by atoms with Crippen molar-refractivity contribution in [1.29, 1.82) is 0 Å². The zero-order chi connectivity index (χ0) is 23.5. The second kappa shape index (κ2) is 9.73. The molecule has 0 unspecified atom stereocenters. The Kier molecular flexibility index (Phi) is 6.36. The van der Waals surface area contributed by atoms with Gasteiger partial charge in [-0.25, -0.2) is 0 Å². The van der Waals surface area contributed by atoms with Gasteiger partial charge >= 0.3 is 0 Å². The summed E-state index contributed by atoms with van der Waals surface area (Å²) in [6.45, 7) is 4.00. The fourth-order valence-electron chi connectivity index (χ4n) is 4.77. The Bertz CT molecular complexity index is 1200. The Labute approximate surface area is 199 Å². The van der Waals surface area contributed by atoms with Crippen molar-refractivity contribution < 1.29 is 19.1 Å². The van der Waals surface area contributed by atoms with Crippen molar-refractivity contribution in [2.24, 2.45) is 5.92 Å². The molecule has 1 fully saturated rings. The predicted octanol–water partition coefficient (Wildman–Crippen LogP) is 4.10. The van der Waals surface area contributed by atoms with Gasteiger partial charge in [0.05, 0.1) is 12.6 Å². The van der Waals surface area contributed by atoms with Crippen LogP contribution in [0, 0.1) is 5.92 Å². The lowest BCUT2D eigenvalue weighted by atomic mass is 9.95. The van der Waals surface area contributed by atoms with E-state index in [2.05, 4.69) is 39.8 Å². The quantitative estimate of drug-likeness (QED) is 0.580. The smallest absolute Gasteiger partial charge is 0.234 e. The summed E-state index contributed by atoms with van der Waals surface area (Å²) in [6.07, 6.45) is 1.45. The number of carbonyl (C=O) groups is 2. The standard InChI is InChI=1S/C27H29N3O4/c1-18(22-8-4-6-19-5-2-3-7-23(19)22)28-26(31)16-30-13-11-20(12-14-30)27(32)29-21-9-10-24-25(15-21)34-17-33-24/h2-10,15,18,20H,11-14,16-17H2,1H3,(H,28,31)(H,29,32)/t18-/m0/s1. The fourth-order valence-corrected chi connectivity index (χ4v) is 4.77. The van der Waals surface area contributed by atoms with Crippen molar-refractivity contribution in [2.45, 2.75) is 25.8 Å². The zero-order valence-electron chi connectivity index (χ0n) is 19.3. The molecular formula is C27H29N3O4. The molecule has 2 N–H and O–H groups in total. The number of carbonyl (C=O) groups excluding carboxylic acids is 2. The van der Waals surface area contributed by atoms with Gasteiger partial charge in [0.2, 0.25) is 18.6 Å². The third kappa shape index (κ3) is 4.84. The Balaban J connectivity index is 1.10. The minimum Gasteiger partial charge on any atom is -0.454 e. The van der Waals surface area contributed by atoms with E-state index in [4.69, 9.17) is 9.47 Å². The van der Waals surface area contributed by atoms with Crippen molar-refractivity contribution in [3.63, 3.8) is 0 Å². The number of benzene rings is 3. The number of amides is 2. The molecule has 7 nitrogen and oxygen atoms in total. The van der Waals surface area contributed by atoms with E-state index >= 15 is 0 Å². The average molecular weight is 460 g/mol. The van der Waals surface area contributed by atoms with Crippen LogP contribution in [0.25, 0.3) is 10.8 Å². The monoisotopic (exact) mass is 459 g/mol. The zero-order valence-corrected chi connectivity index (χ0v) is 19.3. The molecule has 2 aliphatic heterocycles.